The van der Waals surface area contributed by atoms with Gasteiger partial charge in [-0.05, 0) is 42.8 Å². The lowest BCUT2D eigenvalue weighted by Gasteiger charge is -2.17. The molecule has 0 radical (unpaired) electrons. The number of carbonyl (C=O) groups is 2. The van der Waals surface area contributed by atoms with E-state index in [0.717, 1.165) is 30.3 Å². The lowest BCUT2D eigenvalue weighted by Crippen LogP contribution is -2.18. The molecule has 35 heavy (non-hydrogen) atoms. The molecule has 1 aromatic heterocycles. The SMILES string of the molecule is COc1cc(OC(F)(F)F)ccc1Oc1ccc(F)c(Cl)c1C(=O)Nc1cc(C(N)=O)ncc1C. The van der Waals surface area contributed by atoms with E-state index in [2.05, 4.69) is 15.0 Å². The molecule has 1 heterocycles. The molecule has 0 aliphatic rings. The molecule has 0 aliphatic heterocycles. The molecule has 3 N–H and O–H groups in total. The van der Waals surface area contributed by atoms with Crippen LogP contribution in [0.2, 0.25) is 5.02 Å². The van der Waals surface area contributed by atoms with Crippen molar-refractivity contribution in [2.24, 2.45) is 5.73 Å². The largest absolute Gasteiger partial charge is 0.573 e. The number of hydrogen-bond donors (Lipinski definition) is 2. The topological polar surface area (TPSA) is 113 Å². The Bertz CT molecular complexity index is 1300. The third-order valence-electron chi connectivity index (χ3n) is 4.48. The summed E-state index contributed by atoms with van der Waals surface area (Å²) in [6.45, 7) is 1.59. The average molecular weight is 514 g/mol. The fourth-order valence-corrected chi connectivity index (χ4v) is 3.10. The molecule has 0 atom stereocenters. The minimum absolute atomic E-state index is 0.116. The second-order valence-corrected chi connectivity index (χ2v) is 7.28. The first-order valence-corrected chi connectivity index (χ1v) is 9.95. The number of aromatic nitrogens is 1. The summed E-state index contributed by atoms with van der Waals surface area (Å²) in [6, 6.07) is 6.24. The Morgan fingerprint density at radius 3 is 2.40 bits per heavy atom. The Kier molecular flexibility index (Phi) is 7.34. The highest BCUT2D eigenvalue weighted by Crippen LogP contribution is 2.39. The van der Waals surface area contributed by atoms with Gasteiger partial charge in [0.15, 0.2) is 11.5 Å². The van der Waals surface area contributed by atoms with Crippen molar-refractivity contribution in [1.82, 2.24) is 4.98 Å². The van der Waals surface area contributed by atoms with Gasteiger partial charge in [-0.3, -0.25) is 14.6 Å². The smallest absolute Gasteiger partial charge is 0.493 e. The van der Waals surface area contributed by atoms with Crippen molar-refractivity contribution in [3.05, 3.63) is 70.3 Å². The molecule has 184 valence electrons. The van der Waals surface area contributed by atoms with E-state index in [1.165, 1.54) is 19.4 Å². The molecule has 8 nitrogen and oxygen atoms in total. The Morgan fingerprint density at radius 2 is 1.77 bits per heavy atom. The molecular formula is C22H16ClF4N3O5. The number of halogens is 5. The maximum atomic E-state index is 14.2. The predicted octanol–water partition coefficient (Wildman–Crippen LogP) is 5.23. The molecule has 0 aliphatic carbocycles. The molecule has 2 amide bonds. The first kappa shape index (κ1) is 25.6. The van der Waals surface area contributed by atoms with Gasteiger partial charge in [0, 0.05) is 18.0 Å². The van der Waals surface area contributed by atoms with E-state index in [9.17, 15) is 27.2 Å². The number of alkyl halides is 3. The number of nitrogens with one attached hydrogen (secondary N) is 1. The van der Waals surface area contributed by atoms with Crippen molar-refractivity contribution in [1.29, 1.82) is 0 Å². The summed E-state index contributed by atoms with van der Waals surface area (Å²) in [6.07, 6.45) is -3.63. The van der Waals surface area contributed by atoms with Gasteiger partial charge in [-0.2, -0.15) is 0 Å². The predicted molar refractivity (Wildman–Crippen MR) is 117 cm³/mol. The van der Waals surface area contributed by atoms with Crippen molar-refractivity contribution < 1.29 is 41.4 Å². The van der Waals surface area contributed by atoms with Crippen LogP contribution in [-0.2, 0) is 0 Å². The molecule has 2 aromatic carbocycles. The van der Waals surface area contributed by atoms with Crippen LogP contribution >= 0.6 is 11.6 Å². The van der Waals surface area contributed by atoms with Gasteiger partial charge in [0.2, 0.25) is 0 Å². The third kappa shape index (κ3) is 6.09. The number of pyridine rings is 1. The van der Waals surface area contributed by atoms with E-state index in [1.54, 1.807) is 6.92 Å². The van der Waals surface area contributed by atoms with E-state index >= 15 is 0 Å². The van der Waals surface area contributed by atoms with Gasteiger partial charge in [-0.25, -0.2) is 4.39 Å². The monoisotopic (exact) mass is 513 g/mol. The van der Waals surface area contributed by atoms with E-state index in [-0.39, 0.29) is 28.6 Å². The number of methoxy groups -OCH3 is 1. The fourth-order valence-electron chi connectivity index (χ4n) is 2.86. The van der Waals surface area contributed by atoms with Gasteiger partial charge < -0.3 is 25.3 Å². The summed E-state index contributed by atoms with van der Waals surface area (Å²) in [7, 11) is 1.17. The van der Waals surface area contributed by atoms with Crippen LogP contribution in [0.15, 0.2) is 42.6 Å². The lowest BCUT2D eigenvalue weighted by atomic mass is 10.1. The van der Waals surface area contributed by atoms with Crippen molar-refractivity contribution in [2.45, 2.75) is 13.3 Å². The molecule has 3 aromatic rings. The van der Waals surface area contributed by atoms with Crippen LogP contribution in [0.4, 0.5) is 23.2 Å². The first-order valence-electron chi connectivity index (χ1n) is 9.57. The van der Waals surface area contributed by atoms with Crippen LogP contribution in [0.25, 0.3) is 0 Å². The van der Waals surface area contributed by atoms with Gasteiger partial charge in [0.1, 0.15) is 28.6 Å². The molecule has 0 bridgehead atoms. The van der Waals surface area contributed by atoms with Crippen molar-refractivity contribution in [3.8, 4) is 23.0 Å². The van der Waals surface area contributed by atoms with Crippen LogP contribution in [0.5, 0.6) is 23.0 Å². The zero-order valence-corrected chi connectivity index (χ0v) is 18.8. The molecule has 0 saturated carbocycles. The molecule has 3 rings (SSSR count). The summed E-state index contributed by atoms with van der Waals surface area (Å²) < 4.78 is 66.3. The van der Waals surface area contributed by atoms with Gasteiger partial charge in [-0.1, -0.05) is 11.6 Å². The number of nitrogens with zero attached hydrogens (tertiary/aromatic N) is 1. The number of rotatable bonds is 7. The van der Waals surface area contributed by atoms with Gasteiger partial charge in [-0.15, -0.1) is 13.2 Å². The molecule has 0 spiro atoms. The highest BCUT2D eigenvalue weighted by molar-refractivity contribution is 6.35. The second kappa shape index (κ2) is 10.1. The fraction of sp³-hybridized carbons (Fsp3) is 0.136. The Hall–Kier alpha value is -4.06. The van der Waals surface area contributed by atoms with E-state index < -0.39 is 40.3 Å². The van der Waals surface area contributed by atoms with Gasteiger partial charge in [0.05, 0.1) is 12.1 Å². The maximum Gasteiger partial charge on any atom is 0.573 e. The number of carbonyl (C=O) groups excluding carboxylic acids is 2. The van der Waals surface area contributed by atoms with E-state index in [0.29, 0.717) is 5.56 Å². The zero-order valence-electron chi connectivity index (χ0n) is 18.0. The number of anilines is 1. The molecular weight excluding hydrogens is 498 g/mol. The standard InChI is InChI=1S/C22H16ClF4N3O5/c1-10-9-29-14(20(28)31)8-13(10)30-21(32)18-16(6-4-12(24)19(18)23)34-15-5-3-11(7-17(15)33-2)35-22(25,26)27/h3-9H,1-2H3,(H2,28,31)(H,29,30,32). The van der Waals surface area contributed by atoms with Crippen molar-refractivity contribution in [2.75, 3.05) is 12.4 Å². The molecule has 0 unspecified atom stereocenters. The number of hydrogen-bond acceptors (Lipinski definition) is 6. The zero-order chi connectivity index (χ0) is 25.9. The summed E-state index contributed by atoms with van der Waals surface area (Å²) in [5, 5.41) is 1.90. The number of primary amides is 1. The summed E-state index contributed by atoms with van der Waals surface area (Å²) in [5.41, 5.74) is 5.26. The first-order chi connectivity index (χ1) is 16.4. The quantitative estimate of drug-likeness (QED) is 0.418. The van der Waals surface area contributed by atoms with Crippen LogP contribution in [0, 0.1) is 12.7 Å². The summed E-state index contributed by atoms with van der Waals surface area (Å²) in [4.78, 5) is 28.3. The lowest BCUT2D eigenvalue weighted by molar-refractivity contribution is -0.274. The number of ether oxygens (including phenoxy) is 3. The Balaban J connectivity index is 1.98. The van der Waals surface area contributed by atoms with Gasteiger partial charge >= 0.3 is 6.36 Å². The van der Waals surface area contributed by atoms with Crippen LogP contribution < -0.4 is 25.3 Å². The van der Waals surface area contributed by atoms with Crippen LogP contribution in [0.3, 0.4) is 0 Å². The molecule has 0 saturated heterocycles. The summed E-state index contributed by atoms with van der Waals surface area (Å²) >= 11 is 6.04. The van der Waals surface area contributed by atoms with Crippen LogP contribution in [-0.4, -0.2) is 30.3 Å². The second-order valence-electron chi connectivity index (χ2n) is 6.90. The van der Waals surface area contributed by atoms with E-state index in [4.69, 9.17) is 26.8 Å². The Morgan fingerprint density at radius 1 is 1.09 bits per heavy atom. The normalized spacial score (nSPS) is 11.1. The van der Waals surface area contributed by atoms with Gasteiger partial charge in [0.25, 0.3) is 11.8 Å². The number of nitrogens with two attached hydrogens (primary N) is 1. The molecule has 0 fully saturated rings. The maximum absolute atomic E-state index is 14.2. The van der Waals surface area contributed by atoms with Crippen molar-refractivity contribution >= 4 is 29.1 Å². The average Bonchev–Trinajstić information content (AvgIpc) is 2.77. The van der Waals surface area contributed by atoms with Crippen molar-refractivity contribution in [3.63, 3.8) is 0 Å². The highest BCUT2D eigenvalue weighted by Gasteiger charge is 2.31. The van der Waals surface area contributed by atoms with E-state index in [1.807, 2.05) is 0 Å². The highest BCUT2D eigenvalue weighted by atomic mass is 35.5. The third-order valence-corrected chi connectivity index (χ3v) is 4.85. The summed E-state index contributed by atoms with van der Waals surface area (Å²) in [5.74, 6) is -3.78. The minimum Gasteiger partial charge on any atom is -0.493 e. The number of benzene rings is 2. The minimum atomic E-state index is -4.93. The number of aryl methyl sites for hydroxylation is 1. The number of amides is 2. The molecule has 13 heteroatoms. The van der Waals surface area contributed by atoms with Crippen LogP contribution in [0.1, 0.15) is 26.4 Å². The Labute approximate surface area is 200 Å².